The van der Waals surface area contributed by atoms with Gasteiger partial charge in [-0.25, -0.2) is 0 Å². The number of hydrogen-bond acceptors (Lipinski definition) is 3. The first kappa shape index (κ1) is 18.1. The van der Waals surface area contributed by atoms with Gasteiger partial charge in [0.25, 0.3) is 0 Å². The average molecular weight is 305 g/mol. The van der Waals surface area contributed by atoms with Crippen molar-refractivity contribution in [1.82, 2.24) is 0 Å². The second kappa shape index (κ2) is 9.15. The second-order valence-electron chi connectivity index (χ2n) is 6.09. The molecule has 1 aliphatic heterocycles. The predicted octanol–water partition coefficient (Wildman–Crippen LogP) is 2.98. The van der Waals surface area contributed by atoms with Crippen LogP contribution in [0.25, 0.3) is 0 Å². The van der Waals surface area contributed by atoms with E-state index in [4.69, 9.17) is 13.3 Å². The van der Waals surface area contributed by atoms with Crippen LogP contribution in [0.4, 0.5) is 0 Å². The Bertz CT molecular complexity index is 245. The minimum absolute atomic E-state index is 0.933. The van der Waals surface area contributed by atoms with E-state index in [-0.39, 0.29) is 0 Å². The molecule has 120 valence electrons. The van der Waals surface area contributed by atoms with E-state index < -0.39 is 8.80 Å². The van der Waals surface area contributed by atoms with Gasteiger partial charge in [0.2, 0.25) is 0 Å². The first-order valence-electron chi connectivity index (χ1n) is 8.16. The summed E-state index contributed by atoms with van der Waals surface area (Å²) >= 11 is 0. The highest BCUT2D eigenvalue weighted by atomic mass is 28.4. The van der Waals surface area contributed by atoms with Crippen molar-refractivity contribution in [2.45, 2.75) is 51.9 Å². The molecule has 0 atom stereocenters. The summed E-state index contributed by atoms with van der Waals surface area (Å²) in [4.78, 5) is 0. The lowest BCUT2D eigenvalue weighted by Gasteiger charge is -2.44. The SMILES string of the molecule is CCCCCC[N+]1(C[Si](OC)(OC)OC)CCCCC1. The highest BCUT2D eigenvalue weighted by Gasteiger charge is 2.48. The summed E-state index contributed by atoms with van der Waals surface area (Å²) in [5.74, 6) is 0. The summed E-state index contributed by atoms with van der Waals surface area (Å²) in [6, 6.07) is 0. The normalized spacial score (nSPS) is 19.2. The quantitative estimate of drug-likeness (QED) is 0.353. The van der Waals surface area contributed by atoms with Gasteiger partial charge in [-0.05, 0) is 32.1 Å². The summed E-state index contributed by atoms with van der Waals surface area (Å²) in [6.07, 6.45) is 10.3. The van der Waals surface area contributed by atoms with E-state index in [0.717, 1.165) is 10.7 Å². The van der Waals surface area contributed by atoms with Crippen LogP contribution in [0.1, 0.15) is 51.9 Å². The fraction of sp³-hybridized carbons (Fsp3) is 1.00. The largest absolute Gasteiger partial charge is 0.558 e. The van der Waals surface area contributed by atoms with E-state index in [2.05, 4.69) is 6.92 Å². The molecule has 20 heavy (non-hydrogen) atoms. The van der Waals surface area contributed by atoms with Gasteiger partial charge in [-0.1, -0.05) is 19.8 Å². The first-order chi connectivity index (χ1) is 9.66. The molecule has 0 unspecified atom stereocenters. The Morgan fingerprint density at radius 3 is 1.95 bits per heavy atom. The standard InChI is InChI=1S/C15H34NO3Si/c1-5-6-7-9-12-16(13-10-8-11-14-16)15-20(17-2,18-3)19-4/h5-15H2,1-4H3/q+1. The number of likely N-dealkylation sites (tertiary alicyclic amines) is 1. The van der Waals surface area contributed by atoms with Gasteiger partial charge in [-0.2, -0.15) is 0 Å². The van der Waals surface area contributed by atoms with Crippen molar-refractivity contribution in [1.29, 1.82) is 0 Å². The van der Waals surface area contributed by atoms with Crippen LogP contribution in [0.2, 0.25) is 0 Å². The summed E-state index contributed by atoms with van der Waals surface area (Å²) < 4.78 is 18.2. The predicted molar refractivity (Wildman–Crippen MR) is 84.5 cm³/mol. The smallest absolute Gasteiger partial charge is 0.374 e. The molecule has 4 nitrogen and oxygen atoms in total. The number of quaternary nitrogens is 1. The van der Waals surface area contributed by atoms with E-state index >= 15 is 0 Å². The van der Waals surface area contributed by atoms with Gasteiger partial charge >= 0.3 is 8.80 Å². The molecule has 0 radical (unpaired) electrons. The average Bonchev–Trinajstić information content (AvgIpc) is 2.51. The van der Waals surface area contributed by atoms with Crippen LogP contribution >= 0.6 is 0 Å². The molecule has 5 heteroatoms. The Labute approximate surface area is 126 Å². The molecule has 1 aliphatic rings. The van der Waals surface area contributed by atoms with Crippen molar-refractivity contribution in [2.24, 2.45) is 0 Å². The molecular weight excluding hydrogens is 270 g/mol. The molecule has 1 saturated heterocycles. The van der Waals surface area contributed by atoms with Crippen LogP contribution in [0, 0.1) is 0 Å². The van der Waals surface area contributed by atoms with Gasteiger partial charge in [-0.3, -0.25) is 0 Å². The lowest BCUT2D eigenvalue weighted by Crippen LogP contribution is -2.64. The zero-order valence-corrected chi connectivity index (χ0v) is 15.0. The third kappa shape index (κ3) is 5.11. The van der Waals surface area contributed by atoms with E-state index in [9.17, 15) is 0 Å². The molecule has 0 N–H and O–H groups in total. The van der Waals surface area contributed by atoms with E-state index in [1.807, 2.05) is 0 Å². The molecule has 0 aliphatic carbocycles. The third-order valence-electron chi connectivity index (χ3n) is 4.71. The number of rotatable bonds is 10. The number of piperidine rings is 1. The topological polar surface area (TPSA) is 27.7 Å². The Morgan fingerprint density at radius 2 is 1.45 bits per heavy atom. The minimum Gasteiger partial charge on any atom is -0.374 e. The molecule has 1 rings (SSSR count). The van der Waals surface area contributed by atoms with Gasteiger partial charge in [0.05, 0.1) is 19.6 Å². The molecule has 0 saturated carbocycles. The Kier molecular flexibility index (Phi) is 8.29. The van der Waals surface area contributed by atoms with Crippen LogP contribution in [-0.4, -0.2) is 60.4 Å². The van der Waals surface area contributed by atoms with Gasteiger partial charge in [0.15, 0.2) is 0 Å². The number of nitrogens with zero attached hydrogens (tertiary/aromatic N) is 1. The molecule has 1 heterocycles. The maximum atomic E-state index is 5.67. The van der Waals surface area contributed by atoms with Crippen molar-refractivity contribution >= 4 is 8.80 Å². The maximum absolute atomic E-state index is 5.67. The van der Waals surface area contributed by atoms with Crippen molar-refractivity contribution in [3.63, 3.8) is 0 Å². The Balaban J connectivity index is 2.66. The fourth-order valence-corrected chi connectivity index (χ4v) is 5.56. The lowest BCUT2D eigenvalue weighted by molar-refractivity contribution is -0.925. The van der Waals surface area contributed by atoms with Crippen molar-refractivity contribution in [3.05, 3.63) is 0 Å². The lowest BCUT2D eigenvalue weighted by atomic mass is 10.1. The van der Waals surface area contributed by atoms with Crippen molar-refractivity contribution < 1.29 is 17.8 Å². The molecule has 0 aromatic rings. The van der Waals surface area contributed by atoms with Crippen LogP contribution < -0.4 is 0 Å². The first-order valence-corrected chi connectivity index (χ1v) is 10.1. The van der Waals surface area contributed by atoms with Crippen LogP contribution in [-0.2, 0) is 13.3 Å². The van der Waals surface area contributed by atoms with Gasteiger partial charge in [0.1, 0.15) is 6.17 Å². The zero-order chi connectivity index (χ0) is 14.9. The highest BCUT2D eigenvalue weighted by Crippen LogP contribution is 2.24. The molecule has 1 fully saturated rings. The van der Waals surface area contributed by atoms with Crippen LogP contribution in [0.5, 0.6) is 0 Å². The Morgan fingerprint density at radius 1 is 0.850 bits per heavy atom. The maximum Gasteiger partial charge on any atom is 0.558 e. The second-order valence-corrected chi connectivity index (χ2v) is 8.99. The summed E-state index contributed by atoms with van der Waals surface area (Å²) in [6.45, 7) is 6.04. The highest BCUT2D eigenvalue weighted by molar-refractivity contribution is 6.60. The number of unbranched alkanes of at least 4 members (excludes halogenated alkanes) is 3. The van der Waals surface area contributed by atoms with Gasteiger partial charge in [-0.15, -0.1) is 0 Å². The molecule has 0 spiro atoms. The van der Waals surface area contributed by atoms with Gasteiger partial charge < -0.3 is 17.8 Å². The van der Waals surface area contributed by atoms with Crippen molar-refractivity contribution in [2.75, 3.05) is 47.1 Å². The summed E-state index contributed by atoms with van der Waals surface area (Å²) in [5, 5.41) is 0. The molecule has 0 amide bonds. The van der Waals surface area contributed by atoms with E-state index in [0.29, 0.717) is 0 Å². The van der Waals surface area contributed by atoms with E-state index in [1.165, 1.54) is 64.6 Å². The minimum atomic E-state index is -2.47. The fourth-order valence-electron chi connectivity index (χ4n) is 3.37. The Hall–Kier alpha value is 0.0569. The third-order valence-corrected chi connectivity index (χ3v) is 7.64. The summed E-state index contributed by atoms with van der Waals surface area (Å²) in [5.41, 5.74) is 0. The van der Waals surface area contributed by atoms with Gasteiger partial charge in [0, 0.05) is 21.3 Å². The molecule has 0 aromatic heterocycles. The van der Waals surface area contributed by atoms with Crippen LogP contribution in [0.15, 0.2) is 0 Å². The van der Waals surface area contributed by atoms with E-state index in [1.54, 1.807) is 21.3 Å². The molecular formula is C15H34NO3Si+. The molecule has 0 aromatic carbocycles. The van der Waals surface area contributed by atoms with Crippen LogP contribution in [0.3, 0.4) is 0 Å². The van der Waals surface area contributed by atoms with Crippen molar-refractivity contribution in [3.8, 4) is 0 Å². The summed E-state index contributed by atoms with van der Waals surface area (Å²) in [7, 11) is 2.73. The number of hydrogen-bond donors (Lipinski definition) is 0. The zero-order valence-electron chi connectivity index (χ0n) is 14.0. The molecule has 0 bridgehead atoms. The monoisotopic (exact) mass is 304 g/mol.